The van der Waals surface area contributed by atoms with Gasteiger partial charge < -0.3 is 20.8 Å². The number of nitrogens with zero attached hydrogens (tertiary/aromatic N) is 1. The zero-order valence-electron chi connectivity index (χ0n) is 8.81. The highest BCUT2D eigenvalue weighted by Gasteiger charge is 2.30. The van der Waals surface area contributed by atoms with Gasteiger partial charge in [-0.15, -0.1) is 0 Å². The maximum Gasteiger partial charge on any atom is 0.129 e. The highest BCUT2D eigenvalue weighted by molar-refractivity contribution is 5.55. The van der Waals surface area contributed by atoms with E-state index in [9.17, 15) is 14.6 Å². The third kappa shape index (κ3) is 1.89. The molecule has 0 amide bonds. The third-order valence-electron chi connectivity index (χ3n) is 2.90. The van der Waals surface area contributed by atoms with Gasteiger partial charge in [-0.05, 0) is 12.1 Å². The van der Waals surface area contributed by atoms with Crippen LogP contribution in [0.15, 0.2) is 18.2 Å². The van der Waals surface area contributed by atoms with E-state index in [1.165, 1.54) is 6.07 Å². The lowest BCUT2D eigenvalue weighted by atomic mass is 10.1. The van der Waals surface area contributed by atoms with Crippen molar-refractivity contribution < 1.29 is 14.6 Å². The molecule has 2 rings (SSSR count). The summed E-state index contributed by atoms with van der Waals surface area (Å²) in [6.07, 6.45) is -1.57. The van der Waals surface area contributed by atoms with Gasteiger partial charge in [0.15, 0.2) is 0 Å². The van der Waals surface area contributed by atoms with Crippen LogP contribution in [-0.2, 0) is 6.54 Å². The molecule has 0 spiro atoms. The summed E-state index contributed by atoms with van der Waals surface area (Å²) in [4.78, 5) is 1.75. The molecule has 0 bridgehead atoms. The Morgan fingerprint density at radius 2 is 1.94 bits per heavy atom. The Balaban J connectivity index is 2.31. The largest absolute Gasteiger partial charge is 0.389 e. The quantitative estimate of drug-likeness (QED) is 0.654. The number of hydrogen-bond donors (Lipinski definition) is 3. The first-order valence-corrected chi connectivity index (χ1v) is 5.22. The molecule has 0 aliphatic carbocycles. The van der Waals surface area contributed by atoms with E-state index in [4.69, 9.17) is 5.73 Å². The normalized spacial score (nSPS) is 25.1. The molecular weight excluding hydrogens is 211 g/mol. The van der Waals surface area contributed by atoms with Crippen LogP contribution in [0.4, 0.5) is 10.1 Å². The van der Waals surface area contributed by atoms with E-state index in [1.54, 1.807) is 17.0 Å². The molecular formula is C11H15FN2O2. The molecule has 2 atom stereocenters. The number of halogens is 1. The summed E-state index contributed by atoms with van der Waals surface area (Å²) in [7, 11) is 0. The zero-order chi connectivity index (χ0) is 11.7. The molecule has 1 aliphatic heterocycles. The molecule has 16 heavy (non-hydrogen) atoms. The van der Waals surface area contributed by atoms with E-state index in [2.05, 4.69) is 0 Å². The van der Waals surface area contributed by atoms with Gasteiger partial charge in [0.05, 0.1) is 12.2 Å². The Bertz CT molecular complexity index is 376. The molecule has 2 unspecified atom stereocenters. The smallest absolute Gasteiger partial charge is 0.129 e. The van der Waals surface area contributed by atoms with Gasteiger partial charge in [0.2, 0.25) is 0 Å². The maximum absolute atomic E-state index is 13.5. The minimum atomic E-state index is -0.783. The second kappa shape index (κ2) is 4.37. The maximum atomic E-state index is 13.5. The SMILES string of the molecule is NCc1c(F)cccc1N1CC(O)C(O)C1. The molecule has 1 fully saturated rings. The van der Waals surface area contributed by atoms with Crippen LogP contribution in [0.1, 0.15) is 5.56 Å². The Morgan fingerprint density at radius 1 is 1.31 bits per heavy atom. The summed E-state index contributed by atoms with van der Waals surface area (Å²) in [6.45, 7) is 0.708. The van der Waals surface area contributed by atoms with Gasteiger partial charge >= 0.3 is 0 Å². The van der Waals surface area contributed by atoms with Gasteiger partial charge in [0.1, 0.15) is 5.82 Å². The van der Waals surface area contributed by atoms with Crippen LogP contribution in [0, 0.1) is 5.82 Å². The molecule has 4 nitrogen and oxygen atoms in total. The Labute approximate surface area is 93.1 Å². The average Bonchev–Trinajstić information content (AvgIpc) is 2.59. The molecule has 1 heterocycles. The lowest BCUT2D eigenvalue weighted by Crippen LogP contribution is -2.23. The molecule has 5 heteroatoms. The van der Waals surface area contributed by atoms with Gasteiger partial charge in [-0.25, -0.2) is 4.39 Å². The van der Waals surface area contributed by atoms with Crippen molar-refractivity contribution in [3.05, 3.63) is 29.6 Å². The predicted octanol–water partition coefficient (Wildman–Crippen LogP) is -0.174. The van der Waals surface area contributed by atoms with Crippen molar-refractivity contribution in [3.63, 3.8) is 0 Å². The van der Waals surface area contributed by atoms with E-state index in [-0.39, 0.29) is 12.4 Å². The first-order chi connectivity index (χ1) is 7.63. The first-order valence-electron chi connectivity index (χ1n) is 5.22. The van der Waals surface area contributed by atoms with Gasteiger partial charge in [-0.1, -0.05) is 6.07 Å². The van der Waals surface area contributed by atoms with Crippen LogP contribution in [0.2, 0.25) is 0 Å². The fraction of sp³-hybridized carbons (Fsp3) is 0.455. The summed E-state index contributed by atoms with van der Waals surface area (Å²) in [6, 6.07) is 4.70. The molecule has 1 aromatic rings. The molecule has 0 saturated carbocycles. The highest BCUT2D eigenvalue weighted by atomic mass is 19.1. The molecule has 1 aromatic carbocycles. The van der Waals surface area contributed by atoms with Crippen LogP contribution in [0.25, 0.3) is 0 Å². The third-order valence-corrected chi connectivity index (χ3v) is 2.90. The van der Waals surface area contributed by atoms with Crippen LogP contribution in [0.5, 0.6) is 0 Å². The molecule has 1 saturated heterocycles. The lowest BCUT2D eigenvalue weighted by Gasteiger charge is -2.21. The summed E-state index contributed by atoms with van der Waals surface area (Å²) < 4.78 is 13.5. The second-order valence-electron chi connectivity index (χ2n) is 3.98. The fourth-order valence-corrected chi connectivity index (χ4v) is 2.01. The number of benzene rings is 1. The number of hydrogen-bond acceptors (Lipinski definition) is 4. The standard InChI is InChI=1S/C11H15FN2O2/c12-8-2-1-3-9(7(8)4-13)14-5-10(15)11(16)6-14/h1-3,10-11,15-16H,4-6,13H2. The molecule has 4 N–H and O–H groups in total. The van der Waals surface area contributed by atoms with Gasteiger partial charge in [0.25, 0.3) is 0 Å². The summed E-state index contributed by atoms with van der Waals surface area (Å²) in [5, 5.41) is 18.9. The topological polar surface area (TPSA) is 69.7 Å². The van der Waals surface area contributed by atoms with E-state index < -0.39 is 12.2 Å². The average molecular weight is 226 g/mol. The zero-order valence-corrected chi connectivity index (χ0v) is 8.81. The molecule has 1 aliphatic rings. The summed E-state index contributed by atoms with van der Waals surface area (Å²) >= 11 is 0. The number of β-amino-alcohol motifs (C(OH)–C–C–N with tert-alkyl or cyclic N) is 2. The Kier molecular flexibility index (Phi) is 3.09. The number of anilines is 1. The lowest BCUT2D eigenvalue weighted by molar-refractivity contribution is 0.0572. The van der Waals surface area contributed by atoms with Crippen molar-refractivity contribution in [3.8, 4) is 0 Å². The monoisotopic (exact) mass is 226 g/mol. The van der Waals surface area contributed by atoms with E-state index in [1.807, 2.05) is 0 Å². The number of rotatable bonds is 2. The van der Waals surface area contributed by atoms with E-state index >= 15 is 0 Å². The summed E-state index contributed by atoms with van der Waals surface area (Å²) in [5.74, 6) is -0.351. The van der Waals surface area contributed by atoms with Gasteiger partial charge in [0, 0.05) is 30.9 Å². The Hall–Kier alpha value is -1.17. The highest BCUT2D eigenvalue weighted by Crippen LogP contribution is 2.26. The van der Waals surface area contributed by atoms with Crippen LogP contribution in [-0.4, -0.2) is 35.5 Å². The number of aliphatic hydroxyl groups is 2. The molecule has 0 radical (unpaired) electrons. The van der Waals surface area contributed by atoms with Crippen molar-refractivity contribution in [2.45, 2.75) is 18.8 Å². The van der Waals surface area contributed by atoms with E-state index in [0.717, 1.165) is 0 Å². The Morgan fingerprint density at radius 3 is 2.50 bits per heavy atom. The summed E-state index contributed by atoms with van der Waals surface area (Å²) in [5.41, 5.74) is 6.57. The second-order valence-corrected chi connectivity index (χ2v) is 3.98. The molecule has 88 valence electrons. The van der Waals surface area contributed by atoms with Crippen LogP contribution in [0.3, 0.4) is 0 Å². The van der Waals surface area contributed by atoms with Crippen molar-refractivity contribution in [2.24, 2.45) is 5.73 Å². The van der Waals surface area contributed by atoms with Crippen molar-refractivity contribution in [1.29, 1.82) is 0 Å². The number of aliphatic hydroxyl groups excluding tert-OH is 2. The minimum absolute atomic E-state index is 0.102. The van der Waals surface area contributed by atoms with Crippen LogP contribution >= 0.6 is 0 Å². The molecule has 0 aromatic heterocycles. The van der Waals surface area contributed by atoms with Crippen molar-refractivity contribution in [1.82, 2.24) is 0 Å². The first kappa shape index (κ1) is 11.3. The fourth-order valence-electron chi connectivity index (χ4n) is 2.01. The van der Waals surface area contributed by atoms with Gasteiger partial charge in [-0.2, -0.15) is 0 Å². The van der Waals surface area contributed by atoms with Crippen molar-refractivity contribution in [2.75, 3.05) is 18.0 Å². The minimum Gasteiger partial charge on any atom is -0.389 e. The van der Waals surface area contributed by atoms with Crippen LogP contribution < -0.4 is 10.6 Å². The predicted molar refractivity (Wildman–Crippen MR) is 58.5 cm³/mol. The number of nitrogens with two attached hydrogens (primary N) is 1. The van der Waals surface area contributed by atoms with E-state index in [0.29, 0.717) is 24.3 Å². The van der Waals surface area contributed by atoms with Crippen molar-refractivity contribution >= 4 is 5.69 Å². The van der Waals surface area contributed by atoms with Gasteiger partial charge in [-0.3, -0.25) is 0 Å².